The second-order valence-electron chi connectivity index (χ2n) is 7.58. The van der Waals surface area contributed by atoms with E-state index in [0.717, 1.165) is 18.5 Å². The summed E-state index contributed by atoms with van der Waals surface area (Å²) in [6.45, 7) is 13.8. The van der Waals surface area contributed by atoms with Crippen molar-refractivity contribution in [1.29, 1.82) is 0 Å². The molecule has 116 valence electrons. The predicted octanol–water partition coefficient (Wildman–Crippen LogP) is 5.67. The van der Waals surface area contributed by atoms with Crippen molar-refractivity contribution in [1.82, 2.24) is 0 Å². The Hall–Kier alpha value is -1.31. The predicted molar refractivity (Wildman–Crippen MR) is 93.6 cm³/mol. The smallest absolute Gasteiger partial charge is 0.0860 e. The minimum absolute atomic E-state index is 0.0640. The first-order valence-electron chi connectivity index (χ1n) is 8.26. The van der Waals surface area contributed by atoms with Crippen molar-refractivity contribution in [3.05, 3.63) is 24.3 Å². The first-order valence-corrected chi connectivity index (χ1v) is 8.26. The van der Waals surface area contributed by atoms with E-state index in [-0.39, 0.29) is 5.54 Å². The van der Waals surface area contributed by atoms with Gasteiger partial charge < -0.3 is 5.32 Å². The normalized spacial score (nSPS) is 25.3. The van der Waals surface area contributed by atoms with Crippen LogP contribution in [0.15, 0.2) is 29.3 Å². The summed E-state index contributed by atoms with van der Waals surface area (Å²) in [6, 6.07) is 8.45. The molecule has 0 radical (unpaired) electrons. The molecule has 0 spiro atoms. The van der Waals surface area contributed by atoms with Gasteiger partial charge in [-0.05, 0) is 43.7 Å². The van der Waals surface area contributed by atoms with E-state index in [1.807, 2.05) is 0 Å². The summed E-state index contributed by atoms with van der Waals surface area (Å²) in [5.74, 6) is 1.74. The number of fused-ring (bicyclic) bond motifs is 1. The molecular weight excluding hydrogens is 256 g/mol. The van der Waals surface area contributed by atoms with Crippen molar-refractivity contribution >= 4 is 17.1 Å². The van der Waals surface area contributed by atoms with Gasteiger partial charge in [-0.3, -0.25) is 4.99 Å². The Labute approximate surface area is 130 Å². The van der Waals surface area contributed by atoms with Gasteiger partial charge in [-0.15, -0.1) is 0 Å². The molecule has 0 aliphatic carbocycles. The lowest BCUT2D eigenvalue weighted by Crippen LogP contribution is -2.45. The van der Waals surface area contributed by atoms with Crippen LogP contribution in [0, 0.1) is 17.8 Å². The van der Waals surface area contributed by atoms with Crippen molar-refractivity contribution in [2.45, 2.75) is 59.9 Å². The maximum absolute atomic E-state index is 5.02. The van der Waals surface area contributed by atoms with Crippen molar-refractivity contribution in [2.24, 2.45) is 22.7 Å². The molecule has 1 aliphatic rings. The average molecular weight is 286 g/mol. The maximum Gasteiger partial charge on any atom is 0.0860 e. The van der Waals surface area contributed by atoms with Crippen LogP contribution in [0.25, 0.3) is 0 Å². The van der Waals surface area contributed by atoms with Gasteiger partial charge in [0.15, 0.2) is 0 Å². The number of para-hydroxylation sites is 2. The first-order chi connectivity index (χ1) is 9.82. The van der Waals surface area contributed by atoms with Gasteiger partial charge in [0.25, 0.3) is 0 Å². The molecule has 2 heteroatoms. The van der Waals surface area contributed by atoms with Crippen LogP contribution in [0.4, 0.5) is 11.4 Å². The van der Waals surface area contributed by atoms with Gasteiger partial charge in [0.1, 0.15) is 0 Å². The highest BCUT2D eigenvalue weighted by Gasteiger charge is 2.37. The molecule has 1 aliphatic heterocycles. The van der Waals surface area contributed by atoms with Crippen molar-refractivity contribution in [2.75, 3.05) is 5.32 Å². The maximum atomic E-state index is 5.02. The van der Waals surface area contributed by atoms with E-state index >= 15 is 0 Å². The van der Waals surface area contributed by atoms with E-state index < -0.39 is 0 Å². The summed E-state index contributed by atoms with van der Waals surface area (Å²) < 4.78 is 0. The molecule has 2 atom stereocenters. The molecule has 2 unspecified atom stereocenters. The highest BCUT2D eigenvalue weighted by Crippen LogP contribution is 2.39. The Kier molecular flexibility index (Phi) is 4.75. The fraction of sp³-hybridized carbons (Fsp3) is 0.632. The van der Waals surface area contributed by atoms with E-state index in [1.54, 1.807) is 0 Å². The lowest BCUT2D eigenvalue weighted by atomic mass is 9.76. The fourth-order valence-electron chi connectivity index (χ4n) is 3.43. The van der Waals surface area contributed by atoms with Crippen LogP contribution >= 0.6 is 0 Å². The second kappa shape index (κ2) is 6.21. The van der Waals surface area contributed by atoms with Crippen LogP contribution in [-0.2, 0) is 0 Å². The lowest BCUT2D eigenvalue weighted by Gasteiger charge is -2.38. The molecule has 2 rings (SSSR count). The molecular formula is C19H30N2. The number of hydrogen-bond donors (Lipinski definition) is 1. The Morgan fingerprint density at radius 1 is 1.14 bits per heavy atom. The molecule has 0 saturated heterocycles. The summed E-state index contributed by atoms with van der Waals surface area (Å²) in [5, 5.41) is 3.81. The van der Waals surface area contributed by atoms with Gasteiger partial charge in [0, 0.05) is 17.2 Å². The van der Waals surface area contributed by atoms with E-state index in [9.17, 15) is 0 Å². The van der Waals surface area contributed by atoms with E-state index in [1.165, 1.54) is 11.4 Å². The largest absolute Gasteiger partial charge is 0.377 e. The second-order valence-corrected chi connectivity index (χ2v) is 7.58. The van der Waals surface area contributed by atoms with Crippen LogP contribution in [0.5, 0.6) is 0 Å². The Balaban J connectivity index is 2.46. The molecule has 1 aromatic rings. The fourth-order valence-corrected chi connectivity index (χ4v) is 3.43. The number of nitrogens with one attached hydrogen (secondary N) is 1. The minimum atomic E-state index is 0.0640. The minimum Gasteiger partial charge on any atom is -0.377 e. The summed E-state index contributed by atoms with van der Waals surface area (Å²) in [7, 11) is 0. The summed E-state index contributed by atoms with van der Waals surface area (Å²) in [4.78, 5) is 5.02. The Morgan fingerprint density at radius 3 is 2.43 bits per heavy atom. The quantitative estimate of drug-likeness (QED) is 0.757. The third-order valence-electron chi connectivity index (χ3n) is 4.49. The SMILES string of the molecule is CC(C)CC1=Nc2ccccc2NC(C)(CC(C)C)C1C. The number of nitrogens with zero attached hydrogens (tertiary/aromatic N) is 1. The molecule has 0 bridgehead atoms. The van der Waals surface area contributed by atoms with Crippen molar-refractivity contribution < 1.29 is 0 Å². The van der Waals surface area contributed by atoms with Crippen molar-refractivity contribution in [3.63, 3.8) is 0 Å². The van der Waals surface area contributed by atoms with Crippen LogP contribution < -0.4 is 5.32 Å². The van der Waals surface area contributed by atoms with Crippen molar-refractivity contribution in [3.8, 4) is 0 Å². The number of aliphatic imine (C=N–C) groups is 1. The number of benzene rings is 1. The molecule has 0 amide bonds. The number of rotatable bonds is 4. The molecule has 1 heterocycles. The monoisotopic (exact) mass is 286 g/mol. The zero-order valence-corrected chi connectivity index (χ0v) is 14.4. The zero-order chi connectivity index (χ0) is 15.6. The van der Waals surface area contributed by atoms with Gasteiger partial charge in [-0.2, -0.15) is 0 Å². The molecule has 0 saturated carbocycles. The van der Waals surface area contributed by atoms with Gasteiger partial charge in [-0.1, -0.05) is 46.8 Å². The molecule has 1 N–H and O–H groups in total. The molecule has 0 aromatic heterocycles. The summed E-state index contributed by atoms with van der Waals surface area (Å²) in [6.07, 6.45) is 2.23. The number of hydrogen-bond acceptors (Lipinski definition) is 2. The average Bonchev–Trinajstić information content (AvgIpc) is 2.46. The first kappa shape index (κ1) is 16.1. The van der Waals surface area contributed by atoms with Crippen LogP contribution in [0.1, 0.15) is 54.4 Å². The van der Waals surface area contributed by atoms with Crippen LogP contribution in [-0.4, -0.2) is 11.3 Å². The molecule has 21 heavy (non-hydrogen) atoms. The van der Waals surface area contributed by atoms with E-state index in [2.05, 4.69) is 71.1 Å². The summed E-state index contributed by atoms with van der Waals surface area (Å²) >= 11 is 0. The Morgan fingerprint density at radius 2 is 1.81 bits per heavy atom. The van der Waals surface area contributed by atoms with Crippen LogP contribution in [0.3, 0.4) is 0 Å². The van der Waals surface area contributed by atoms with Gasteiger partial charge in [0.2, 0.25) is 0 Å². The van der Waals surface area contributed by atoms with E-state index in [4.69, 9.17) is 4.99 Å². The molecule has 2 nitrogen and oxygen atoms in total. The zero-order valence-electron chi connectivity index (χ0n) is 14.4. The highest BCUT2D eigenvalue weighted by molar-refractivity contribution is 5.93. The standard InChI is InChI=1S/C19H30N2/c1-13(2)11-18-15(5)19(6,12-14(3)4)21-17-10-8-7-9-16(17)20-18/h7-10,13-15,21H,11-12H2,1-6H3. The third-order valence-corrected chi connectivity index (χ3v) is 4.49. The number of anilines is 1. The Bertz CT molecular complexity index is 516. The van der Waals surface area contributed by atoms with Gasteiger partial charge in [-0.25, -0.2) is 0 Å². The third kappa shape index (κ3) is 3.66. The highest BCUT2D eigenvalue weighted by atomic mass is 15.0. The van der Waals surface area contributed by atoms with E-state index in [0.29, 0.717) is 17.8 Å². The van der Waals surface area contributed by atoms with Gasteiger partial charge >= 0.3 is 0 Å². The lowest BCUT2D eigenvalue weighted by molar-refractivity contribution is 0.343. The van der Waals surface area contributed by atoms with Gasteiger partial charge in [0.05, 0.1) is 11.4 Å². The van der Waals surface area contributed by atoms with Crippen LogP contribution in [0.2, 0.25) is 0 Å². The molecule has 1 aromatic carbocycles. The topological polar surface area (TPSA) is 24.4 Å². The summed E-state index contributed by atoms with van der Waals surface area (Å²) in [5.41, 5.74) is 3.67. The molecule has 0 fully saturated rings.